The van der Waals surface area contributed by atoms with E-state index >= 15 is 0 Å². The molecule has 114 valence electrons. The lowest BCUT2D eigenvalue weighted by atomic mass is 10.3. The van der Waals surface area contributed by atoms with Gasteiger partial charge in [0.2, 0.25) is 10.0 Å². The summed E-state index contributed by atoms with van der Waals surface area (Å²) in [6.07, 6.45) is 6.57. The number of hydrogen-bond acceptors (Lipinski definition) is 4. The number of nitrogens with one attached hydrogen (secondary N) is 1. The van der Waals surface area contributed by atoms with Crippen molar-refractivity contribution in [3.05, 3.63) is 18.0 Å². The first-order valence-corrected chi connectivity index (χ1v) is 9.59. The molecule has 1 aromatic heterocycles. The fourth-order valence-corrected chi connectivity index (χ4v) is 3.51. The molecule has 0 radical (unpaired) electrons. The highest BCUT2D eigenvalue weighted by atomic mass is 32.2. The maximum absolute atomic E-state index is 12.2. The highest BCUT2D eigenvalue weighted by Gasteiger charge is 2.27. The van der Waals surface area contributed by atoms with E-state index in [2.05, 4.69) is 11.6 Å². The molecule has 1 atom stereocenters. The van der Waals surface area contributed by atoms with Gasteiger partial charge in [-0.1, -0.05) is 6.92 Å². The number of nitrogens with zero attached hydrogens (tertiary/aromatic N) is 1. The molecule has 0 aliphatic heterocycles. The predicted molar refractivity (Wildman–Crippen MR) is 81.4 cm³/mol. The minimum absolute atomic E-state index is 0.129. The van der Waals surface area contributed by atoms with Gasteiger partial charge in [0.1, 0.15) is 0 Å². The number of thioether (sulfide) groups is 1. The number of sulfonamides is 1. The van der Waals surface area contributed by atoms with Gasteiger partial charge in [-0.3, -0.25) is 0 Å². The van der Waals surface area contributed by atoms with E-state index in [0.29, 0.717) is 23.5 Å². The van der Waals surface area contributed by atoms with Crippen LogP contribution in [0.25, 0.3) is 0 Å². The first-order valence-electron chi connectivity index (χ1n) is 6.82. The van der Waals surface area contributed by atoms with Gasteiger partial charge in [-0.05, 0) is 31.6 Å². The van der Waals surface area contributed by atoms with Gasteiger partial charge in [0, 0.05) is 29.7 Å². The predicted octanol–water partition coefficient (Wildman–Crippen LogP) is 1.74. The Kier molecular flexibility index (Phi) is 5.17. The van der Waals surface area contributed by atoms with Crippen LogP contribution in [0.5, 0.6) is 0 Å². The average molecular weight is 318 g/mol. The molecule has 0 spiro atoms. The number of aliphatic hydroxyl groups is 1. The summed E-state index contributed by atoms with van der Waals surface area (Å²) < 4.78 is 28.9. The Balaban J connectivity index is 2.05. The van der Waals surface area contributed by atoms with Crippen LogP contribution in [0.3, 0.4) is 0 Å². The molecule has 20 heavy (non-hydrogen) atoms. The van der Waals surface area contributed by atoms with Gasteiger partial charge < -0.3 is 9.67 Å². The van der Waals surface area contributed by atoms with Crippen molar-refractivity contribution in [2.75, 3.05) is 12.8 Å². The summed E-state index contributed by atoms with van der Waals surface area (Å²) in [5.74, 6) is 0. The smallest absolute Gasteiger partial charge is 0.242 e. The van der Waals surface area contributed by atoms with Gasteiger partial charge in [0.05, 0.1) is 11.5 Å². The second-order valence-corrected chi connectivity index (χ2v) is 8.24. The van der Waals surface area contributed by atoms with Crippen LogP contribution in [0.15, 0.2) is 17.2 Å². The molecule has 1 saturated carbocycles. The fraction of sp³-hybridized carbons (Fsp3) is 0.692. The second-order valence-electron chi connectivity index (χ2n) is 5.20. The standard InChI is InChI=1S/C13H22N2O3S2/c1-10(19-2)5-6-14-20(17,18)13-7-12(9-16)15(8-13)11-3-4-11/h7-8,10-11,14,16H,3-6,9H2,1-2H3. The summed E-state index contributed by atoms with van der Waals surface area (Å²) in [5, 5.41) is 9.75. The van der Waals surface area contributed by atoms with Crippen molar-refractivity contribution in [3.8, 4) is 0 Å². The molecule has 0 bridgehead atoms. The van der Waals surface area contributed by atoms with Crippen LogP contribution < -0.4 is 4.72 Å². The van der Waals surface area contributed by atoms with Crippen LogP contribution >= 0.6 is 11.8 Å². The van der Waals surface area contributed by atoms with Crippen LogP contribution in [0, 0.1) is 0 Å². The zero-order valence-electron chi connectivity index (χ0n) is 11.9. The number of aliphatic hydroxyl groups excluding tert-OH is 1. The molecule has 0 amide bonds. The third-order valence-electron chi connectivity index (χ3n) is 3.56. The highest BCUT2D eigenvalue weighted by Crippen LogP contribution is 2.37. The van der Waals surface area contributed by atoms with Crippen LogP contribution in [-0.4, -0.2) is 36.1 Å². The van der Waals surface area contributed by atoms with Crippen molar-refractivity contribution >= 4 is 21.8 Å². The van der Waals surface area contributed by atoms with Crippen LogP contribution in [0.1, 0.15) is 37.9 Å². The molecule has 0 aromatic carbocycles. The topological polar surface area (TPSA) is 71.3 Å². The maximum atomic E-state index is 12.2. The summed E-state index contributed by atoms with van der Waals surface area (Å²) in [6, 6.07) is 1.93. The van der Waals surface area contributed by atoms with E-state index in [1.165, 1.54) is 0 Å². The molecule has 2 rings (SSSR count). The Morgan fingerprint density at radius 3 is 2.80 bits per heavy atom. The molecule has 1 aliphatic carbocycles. The zero-order valence-corrected chi connectivity index (χ0v) is 13.5. The lowest BCUT2D eigenvalue weighted by Crippen LogP contribution is -2.26. The van der Waals surface area contributed by atoms with Crippen molar-refractivity contribution in [1.82, 2.24) is 9.29 Å². The van der Waals surface area contributed by atoms with Gasteiger partial charge in [0.25, 0.3) is 0 Å². The van der Waals surface area contributed by atoms with Crippen molar-refractivity contribution in [2.24, 2.45) is 0 Å². The van der Waals surface area contributed by atoms with E-state index in [1.807, 2.05) is 10.8 Å². The Morgan fingerprint density at radius 1 is 1.55 bits per heavy atom. The number of hydrogen-bond donors (Lipinski definition) is 2. The highest BCUT2D eigenvalue weighted by molar-refractivity contribution is 7.99. The molecule has 1 aromatic rings. The Bertz CT molecular complexity index is 550. The number of aromatic nitrogens is 1. The third-order valence-corrected chi connectivity index (χ3v) is 6.03. The molecule has 1 aliphatic rings. The van der Waals surface area contributed by atoms with E-state index in [0.717, 1.165) is 19.3 Å². The van der Waals surface area contributed by atoms with Crippen molar-refractivity contribution in [2.45, 2.75) is 49.0 Å². The largest absolute Gasteiger partial charge is 0.390 e. The summed E-state index contributed by atoms with van der Waals surface area (Å²) in [6.45, 7) is 2.38. The Labute approximate surface area is 124 Å². The van der Waals surface area contributed by atoms with Crippen molar-refractivity contribution < 1.29 is 13.5 Å². The van der Waals surface area contributed by atoms with Gasteiger partial charge in [-0.25, -0.2) is 13.1 Å². The van der Waals surface area contributed by atoms with E-state index in [-0.39, 0.29) is 11.5 Å². The van der Waals surface area contributed by atoms with Gasteiger partial charge in [0.15, 0.2) is 0 Å². The SMILES string of the molecule is CSC(C)CCNS(=O)(=O)c1cc(CO)n(C2CC2)c1. The molecular formula is C13H22N2O3S2. The average Bonchev–Trinajstić information content (AvgIpc) is 3.16. The normalized spacial score (nSPS) is 17.4. The van der Waals surface area contributed by atoms with E-state index in [1.54, 1.807) is 24.0 Å². The summed E-state index contributed by atoms with van der Waals surface area (Å²) >= 11 is 1.72. The first kappa shape index (κ1) is 15.9. The maximum Gasteiger partial charge on any atom is 0.242 e. The molecule has 1 fully saturated rings. The lowest BCUT2D eigenvalue weighted by molar-refractivity contribution is 0.270. The van der Waals surface area contributed by atoms with E-state index < -0.39 is 10.0 Å². The Morgan fingerprint density at radius 2 is 2.25 bits per heavy atom. The summed E-state index contributed by atoms with van der Waals surface area (Å²) in [4.78, 5) is 0.255. The van der Waals surface area contributed by atoms with Crippen LogP contribution in [-0.2, 0) is 16.6 Å². The monoisotopic (exact) mass is 318 g/mol. The molecular weight excluding hydrogens is 296 g/mol. The zero-order chi connectivity index (χ0) is 14.8. The first-order chi connectivity index (χ1) is 9.47. The molecule has 2 N–H and O–H groups in total. The minimum Gasteiger partial charge on any atom is -0.390 e. The summed E-state index contributed by atoms with van der Waals surface area (Å²) in [5.41, 5.74) is 0.672. The second kappa shape index (κ2) is 6.51. The van der Waals surface area contributed by atoms with Gasteiger partial charge >= 0.3 is 0 Å². The molecule has 7 heteroatoms. The molecule has 1 heterocycles. The lowest BCUT2D eigenvalue weighted by Gasteiger charge is -2.09. The van der Waals surface area contributed by atoms with E-state index in [4.69, 9.17) is 0 Å². The van der Waals surface area contributed by atoms with E-state index in [9.17, 15) is 13.5 Å². The summed E-state index contributed by atoms with van der Waals surface area (Å²) in [7, 11) is -3.47. The fourth-order valence-electron chi connectivity index (χ4n) is 2.06. The van der Waals surface area contributed by atoms with Crippen LogP contribution in [0.2, 0.25) is 0 Å². The van der Waals surface area contributed by atoms with Gasteiger partial charge in [-0.15, -0.1) is 0 Å². The molecule has 1 unspecified atom stereocenters. The third kappa shape index (κ3) is 3.78. The van der Waals surface area contributed by atoms with Crippen LogP contribution in [0.4, 0.5) is 0 Å². The molecule has 0 saturated heterocycles. The van der Waals surface area contributed by atoms with Gasteiger partial charge in [-0.2, -0.15) is 11.8 Å². The number of rotatable bonds is 8. The quantitative estimate of drug-likeness (QED) is 0.766. The van der Waals surface area contributed by atoms with Crippen molar-refractivity contribution in [1.29, 1.82) is 0 Å². The Hall–Kier alpha value is -0.500. The minimum atomic E-state index is -3.47. The van der Waals surface area contributed by atoms with Crippen molar-refractivity contribution in [3.63, 3.8) is 0 Å². The molecule has 5 nitrogen and oxygen atoms in total.